The van der Waals surface area contributed by atoms with Gasteiger partial charge in [0.15, 0.2) is 11.4 Å². The molecule has 1 aromatic carbocycles. The smallest absolute Gasteiger partial charge is 0.255 e. The van der Waals surface area contributed by atoms with Crippen LogP contribution in [0.2, 0.25) is 0 Å². The number of hydrogen-bond acceptors (Lipinski definition) is 12. The maximum Gasteiger partial charge on any atom is 0.255 e. The molecule has 0 saturated heterocycles. The highest BCUT2D eigenvalue weighted by atomic mass is 16.4. The van der Waals surface area contributed by atoms with E-state index >= 15 is 0 Å². The van der Waals surface area contributed by atoms with Crippen LogP contribution in [0.15, 0.2) is 29.0 Å². The lowest BCUT2D eigenvalue weighted by atomic mass is 9.54. The highest BCUT2D eigenvalue weighted by molar-refractivity contribution is 6.24. The Morgan fingerprint density at radius 3 is 2.24 bits per heavy atom. The molecule has 3 aliphatic carbocycles. The lowest BCUT2D eigenvalue weighted by molar-refractivity contribution is -0.169. The molecular weight excluding hydrogens is 540 g/mol. The molecule has 14 nitrogen and oxygen atoms in total. The zero-order chi connectivity index (χ0) is 30.9. The molecule has 0 aliphatic heterocycles. The normalized spacial score (nSPS) is 30.2. The van der Waals surface area contributed by atoms with Crippen molar-refractivity contribution < 1.29 is 49.8 Å². The van der Waals surface area contributed by atoms with E-state index in [1.54, 1.807) is 21.0 Å². The van der Waals surface area contributed by atoms with E-state index in [0.29, 0.717) is 0 Å². The average Bonchev–Trinajstić information content (AvgIpc) is 2.87. The molecule has 0 aromatic heterocycles. The summed E-state index contributed by atoms with van der Waals surface area (Å²) in [5.41, 5.74) is 0.623. The molecule has 14 heteroatoms. The third-order valence-electron chi connectivity index (χ3n) is 8.49. The first-order chi connectivity index (χ1) is 19.0. The van der Waals surface area contributed by atoms with E-state index in [4.69, 9.17) is 5.73 Å². The summed E-state index contributed by atoms with van der Waals surface area (Å²) in [5, 5.41) is 68.8. The number of fused-ring (bicyclic) bond motifs is 3. The number of hydrogen-bond donors (Lipinski definition) is 8. The number of nitrogens with one attached hydrogen (secondary N) is 1. The Morgan fingerprint density at radius 2 is 1.73 bits per heavy atom. The van der Waals surface area contributed by atoms with Gasteiger partial charge < -0.3 is 41.7 Å². The second kappa shape index (κ2) is 10.2. The third-order valence-corrected chi connectivity index (χ3v) is 8.49. The van der Waals surface area contributed by atoms with Crippen molar-refractivity contribution in [3.05, 3.63) is 40.2 Å². The predicted molar refractivity (Wildman–Crippen MR) is 144 cm³/mol. The first-order valence-electron chi connectivity index (χ1n) is 12.8. The molecule has 2 amide bonds. The molecule has 7 atom stereocenters. The van der Waals surface area contributed by atoms with Crippen LogP contribution in [0, 0.1) is 11.8 Å². The minimum Gasteiger partial charge on any atom is -0.508 e. The van der Waals surface area contributed by atoms with Crippen LogP contribution in [0.4, 0.5) is 5.69 Å². The van der Waals surface area contributed by atoms with Gasteiger partial charge in [-0.2, -0.15) is 0 Å². The molecule has 0 heterocycles. The number of aliphatic hydroxyl groups excluding tert-OH is 4. The molecule has 1 saturated carbocycles. The van der Waals surface area contributed by atoms with E-state index in [-0.39, 0.29) is 16.8 Å². The third kappa shape index (κ3) is 4.13. The quantitative estimate of drug-likeness (QED) is 0.141. The van der Waals surface area contributed by atoms with Gasteiger partial charge in [-0.25, -0.2) is 0 Å². The predicted octanol–water partition coefficient (Wildman–Crippen LogP) is -1.64. The molecule has 0 spiro atoms. The van der Waals surface area contributed by atoms with Crippen LogP contribution >= 0.6 is 0 Å². The van der Waals surface area contributed by atoms with Gasteiger partial charge in [-0.05, 0) is 45.7 Å². The number of carbonyl (C=O) groups excluding carboxylic acids is 4. The van der Waals surface area contributed by atoms with E-state index < -0.39 is 99.9 Å². The number of amides is 2. The molecule has 0 bridgehead atoms. The van der Waals surface area contributed by atoms with Gasteiger partial charge in [-0.3, -0.25) is 29.0 Å². The number of nitrogens with zero attached hydrogens (tertiary/aromatic N) is 2. The van der Waals surface area contributed by atoms with Crippen molar-refractivity contribution in [1.29, 1.82) is 0 Å². The summed E-state index contributed by atoms with van der Waals surface area (Å²) in [5.74, 6) is -10.8. The monoisotopic (exact) mass is 574 g/mol. The number of rotatable bonds is 6. The molecule has 1 fully saturated rings. The van der Waals surface area contributed by atoms with Crippen LogP contribution in [0.1, 0.15) is 24.0 Å². The molecule has 41 heavy (non-hydrogen) atoms. The van der Waals surface area contributed by atoms with Crippen molar-refractivity contribution in [2.75, 3.05) is 40.1 Å². The number of likely N-dealkylation sites (N-methyl/N-ethyl adjacent to an activating group) is 2. The molecule has 4 rings (SSSR count). The standard InChI is InChI=1S/C27H34N4O10/c1-9-10-6-7-11(29-26(40)12(8-32)30(2)3)19(33)14(10)20(34)15-13(9)21(35)17-18(31(4)5)22(36)16(25(28)39)24(38)27(17,41)23(15)37/h6-7,9,12-13,17-18,21,32-35,38,41H,8H2,1-5H3,(H2,28,39)(H,29,40)/t9?,12?,13?,17?,18-,21?,27-/m0/s1. The van der Waals surface area contributed by atoms with Crippen LogP contribution in [0.3, 0.4) is 0 Å². The van der Waals surface area contributed by atoms with E-state index in [2.05, 4.69) is 5.32 Å². The second-order valence-corrected chi connectivity index (χ2v) is 11.1. The number of benzene rings is 1. The fourth-order valence-electron chi connectivity index (χ4n) is 6.41. The van der Waals surface area contributed by atoms with Gasteiger partial charge in [0.1, 0.15) is 28.9 Å². The van der Waals surface area contributed by atoms with Crippen LogP contribution < -0.4 is 11.1 Å². The summed E-state index contributed by atoms with van der Waals surface area (Å²) in [6.45, 7) is 1.08. The molecule has 3 aliphatic rings. The highest BCUT2D eigenvalue weighted by Gasteiger charge is 2.68. The zero-order valence-electron chi connectivity index (χ0n) is 23.1. The van der Waals surface area contributed by atoms with E-state index in [1.165, 1.54) is 36.0 Å². The molecule has 9 N–H and O–H groups in total. The van der Waals surface area contributed by atoms with E-state index in [9.17, 15) is 49.8 Å². The van der Waals surface area contributed by atoms with Crippen molar-refractivity contribution in [3.8, 4) is 5.75 Å². The van der Waals surface area contributed by atoms with Crippen molar-refractivity contribution in [2.24, 2.45) is 17.6 Å². The van der Waals surface area contributed by atoms with Gasteiger partial charge in [-0.1, -0.05) is 13.0 Å². The topological polar surface area (TPSA) is 234 Å². The number of Topliss-reactive ketones (excluding diaryl/α,β-unsaturated/α-hetero) is 2. The second-order valence-electron chi connectivity index (χ2n) is 11.1. The molecule has 1 aromatic rings. The number of phenolic OH excluding ortho intramolecular Hbond substituents is 1. The lowest BCUT2D eigenvalue weighted by Crippen LogP contribution is -2.70. The fourth-order valence-corrected chi connectivity index (χ4v) is 6.41. The van der Waals surface area contributed by atoms with Crippen LogP contribution in [0.25, 0.3) is 5.76 Å². The van der Waals surface area contributed by atoms with Crippen molar-refractivity contribution in [1.82, 2.24) is 9.80 Å². The molecule has 5 unspecified atom stereocenters. The Morgan fingerprint density at radius 1 is 1.12 bits per heavy atom. The Balaban J connectivity index is 1.93. The van der Waals surface area contributed by atoms with Crippen molar-refractivity contribution >= 4 is 34.8 Å². The zero-order valence-corrected chi connectivity index (χ0v) is 23.1. The van der Waals surface area contributed by atoms with Crippen LogP contribution in [0.5, 0.6) is 5.75 Å². The molecule has 0 radical (unpaired) electrons. The Labute approximate surface area is 235 Å². The van der Waals surface area contributed by atoms with Crippen LogP contribution in [-0.4, -0.2) is 122 Å². The Kier molecular flexibility index (Phi) is 7.52. The van der Waals surface area contributed by atoms with Gasteiger partial charge in [-0.15, -0.1) is 0 Å². The maximum atomic E-state index is 14.0. The summed E-state index contributed by atoms with van der Waals surface area (Å²) in [7, 11) is 5.98. The van der Waals surface area contributed by atoms with E-state index in [0.717, 1.165) is 0 Å². The SMILES string of the molecule is CC1c2ccc(NC(=O)C(CO)N(C)C)c(O)c2C(O)=C2C(=O)[C@]3(O)C(O)=C(C(N)=O)C(=O)[C@@H](N(C)C)C3C(O)C21. The first kappa shape index (κ1) is 30.1. The van der Waals surface area contributed by atoms with Gasteiger partial charge >= 0.3 is 0 Å². The van der Waals surface area contributed by atoms with Crippen molar-refractivity contribution in [3.63, 3.8) is 0 Å². The van der Waals surface area contributed by atoms with Gasteiger partial charge in [0, 0.05) is 11.5 Å². The van der Waals surface area contributed by atoms with Crippen molar-refractivity contribution in [2.45, 2.75) is 36.6 Å². The van der Waals surface area contributed by atoms with E-state index in [1.807, 2.05) is 0 Å². The molecular formula is C27H34N4O10. The first-order valence-corrected chi connectivity index (χ1v) is 12.8. The summed E-state index contributed by atoms with van der Waals surface area (Å²) in [6.07, 6.45) is -1.71. The number of primary amides is 1. The number of aromatic hydroxyl groups is 1. The maximum absolute atomic E-state index is 14.0. The lowest BCUT2D eigenvalue weighted by Gasteiger charge is -2.53. The number of ketones is 2. The highest BCUT2D eigenvalue weighted by Crippen LogP contribution is 2.56. The summed E-state index contributed by atoms with van der Waals surface area (Å²) in [4.78, 5) is 54.8. The summed E-state index contributed by atoms with van der Waals surface area (Å²) in [6, 6.07) is 0.424. The summed E-state index contributed by atoms with van der Waals surface area (Å²) >= 11 is 0. The number of nitrogens with two attached hydrogens (primary N) is 1. The number of carbonyl (C=O) groups is 4. The Bertz CT molecular complexity index is 1420. The minimum atomic E-state index is -3.02. The fraction of sp³-hybridized carbons (Fsp3) is 0.481. The number of anilines is 1. The molecule has 222 valence electrons. The van der Waals surface area contributed by atoms with Gasteiger partial charge in [0.05, 0.1) is 35.9 Å². The Hall–Kier alpha value is -3.82. The number of phenols is 1. The average molecular weight is 575 g/mol. The van der Waals surface area contributed by atoms with Gasteiger partial charge in [0.2, 0.25) is 11.7 Å². The van der Waals surface area contributed by atoms with Gasteiger partial charge in [0.25, 0.3) is 5.91 Å². The number of aliphatic hydroxyl groups is 5. The minimum absolute atomic E-state index is 0.151. The van der Waals surface area contributed by atoms with Crippen LogP contribution in [-0.2, 0) is 19.2 Å². The largest absolute Gasteiger partial charge is 0.508 e. The summed E-state index contributed by atoms with van der Waals surface area (Å²) < 4.78 is 0.